The van der Waals surface area contributed by atoms with Crippen LogP contribution in [0.15, 0.2) is 30.3 Å². The van der Waals surface area contributed by atoms with E-state index in [0.717, 1.165) is 31.4 Å². The quantitative estimate of drug-likeness (QED) is 0.814. The summed E-state index contributed by atoms with van der Waals surface area (Å²) in [5.74, 6) is 0.658. The van der Waals surface area contributed by atoms with Crippen LogP contribution >= 0.6 is 11.6 Å². The van der Waals surface area contributed by atoms with Crippen molar-refractivity contribution in [3.05, 3.63) is 35.9 Å². The lowest BCUT2D eigenvalue weighted by atomic mass is 9.88. The van der Waals surface area contributed by atoms with Gasteiger partial charge in [0.15, 0.2) is 0 Å². The van der Waals surface area contributed by atoms with Gasteiger partial charge < -0.3 is 5.32 Å². The molecule has 1 aromatic rings. The molecule has 1 amide bonds. The van der Waals surface area contributed by atoms with Crippen LogP contribution in [0.3, 0.4) is 0 Å². The number of nitrogens with one attached hydrogen (secondary N) is 1. The van der Waals surface area contributed by atoms with Crippen molar-refractivity contribution < 1.29 is 4.79 Å². The van der Waals surface area contributed by atoms with Gasteiger partial charge >= 0.3 is 0 Å². The first-order chi connectivity index (χ1) is 9.70. The summed E-state index contributed by atoms with van der Waals surface area (Å²) in [6.45, 7) is 2.83. The Bertz CT molecular complexity index is 420. The van der Waals surface area contributed by atoms with E-state index < -0.39 is 0 Å². The number of carbonyl (C=O) groups is 1. The fourth-order valence-electron chi connectivity index (χ4n) is 3.04. The standard InChI is InChI=1S/C17H24ClNO/c1-2-16(14-8-4-3-5-9-14)17(20)19-12-13-7-6-10-15(18)11-13/h3-5,8-9,13,15-16H,2,6-7,10-12H2,1H3,(H,19,20). The smallest absolute Gasteiger partial charge is 0.227 e. The molecule has 110 valence electrons. The van der Waals surface area contributed by atoms with Gasteiger partial charge in [0.05, 0.1) is 5.92 Å². The van der Waals surface area contributed by atoms with Crippen molar-refractivity contribution in [3.8, 4) is 0 Å². The molecule has 3 heteroatoms. The number of amides is 1. The molecule has 0 spiro atoms. The van der Waals surface area contributed by atoms with E-state index in [1.807, 2.05) is 30.3 Å². The molecule has 20 heavy (non-hydrogen) atoms. The summed E-state index contributed by atoms with van der Waals surface area (Å²) in [7, 11) is 0. The molecule has 3 unspecified atom stereocenters. The van der Waals surface area contributed by atoms with Crippen LogP contribution in [0.2, 0.25) is 0 Å². The summed E-state index contributed by atoms with van der Waals surface area (Å²) in [5, 5.41) is 3.42. The van der Waals surface area contributed by atoms with Crippen molar-refractivity contribution >= 4 is 17.5 Å². The van der Waals surface area contributed by atoms with Gasteiger partial charge in [0, 0.05) is 11.9 Å². The van der Waals surface area contributed by atoms with E-state index in [1.54, 1.807) is 0 Å². The van der Waals surface area contributed by atoms with Gasteiger partial charge in [-0.1, -0.05) is 43.7 Å². The molecule has 0 aromatic heterocycles. The molecule has 2 nitrogen and oxygen atoms in total. The van der Waals surface area contributed by atoms with Crippen molar-refractivity contribution in [1.29, 1.82) is 0 Å². The molecule has 0 radical (unpaired) electrons. The molecule has 1 aromatic carbocycles. The van der Waals surface area contributed by atoms with E-state index in [-0.39, 0.29) is 11.8 Å². The Labute approximate surface area is 126 Å². The summed E-state index contributed by atoms with van der Waals surface area (Å²) in [6.07, 6.45) is 5.35. The third-order valence-corrected chi connectivity index (χ3v) is 4.61. The van der Waals surface area contributed by atoms with Gasteiger partial charge in [-0.3, -0.25) is 4.79 Å². The van der Waals surface area contributed by atoms with Crippen molar-refractivity contribution in [2.45, 2.75) is 50.3 Å². The fraction of sp³-hybridized carbons (Fsp3) is 0.588. The minimum absolute atomic E-state index is 0.0356. The molecule has 1 saturated carbocycles. The number of hydrogen-bond acceptors (Lipinski definition) is 1. The van der Waals surface area contributed by atoms with Crippen LogP contribution in [-0.4, -0.2) is 17.8 Å². The first-order valence-corrected chi connectivity index (χ1v) is 8.11. The molecule has 1 aliphatic carbocycles. The second-order valence-corrected chi connectivity index (χ2v) is 6.36. The number of benzene rings is 1. The largest absolute Gasteiger partial charge is 0.355 e. The van der Waals surface area contributed by atoms with E-state index in [0.29, 0.717) is 11.3 Å². The van der Waals surface area contributed by atoms with Gasteiger partial charge in [0.25, 0.3) is 0 Å². The molecular formula is C17H24ClNO. The number of hydrogen-bond donors (Lipinski definition) is 1. The van der Waals surface area contributed by atoms with Crippen LogP contribution in [0.1, 0.15) is 50.5 Å². The number of rotatable bonds is 5. The van der Waals surface area contributed by atoms with Crippen LogP contribution in [0, 0.1) is 5.92 Å². The Morgan fingerprint density at radius 1 is 1.35 bits per heavy atom. The second kappa shape index (κ2) is 7.68. The predicted octanol–water partition coefficient (Wildman–Crippen LogP) is 4.09. The molecule has 0 bridgehead atoms. The Morgan fingerprint density at radius 3 is 2.75 bits per heavy atom. The van der Waals surface area contributed by atoms with Crippen LogP contribution in [-0.2, 0) is 4.79 Å². The first-order valence-electron chi connectivity index (χ1n) is 7.67. The summed E-state index contributed by atoms with van der Waals surface area (Å²) in [5.41, 5.74) is 1.10. The summed E-state index contributed by atoms with van der Waals surface area (Å²) in [4.78, 5) is 12.4. The average Bonchev–Trinajstić information content (AvgIpc) is 2.47. The van der Waals surface area contributed by atoms with Gasteiger partial charge in [0.1, 0.15) is 0 Å². The Kier molecular flexibility index (Phi) is 5.90. The zero-order valence-corrected chi connectivity index (χ0v) is 12.9. The number of halogens is 1. The third kappa shape index (κ3) is 4.24. The Hall–Kier alpha value is -1.02. The summed E-state index contributed by atoms with van der Waals surface area (Å²) >= 11 is 6.20. The van der Waals surface area contributed by atoms with Crippen molar-refractivity contribution in [1.82, 2.24) is 5.32 Å². The molecule has 3 atom stereocenters. The highest BCUT2D eigenvalue weighted by atomic mass is 35.5. The molecule has 0 saturated heterocycles. The summed E-state index contributed by atoms with van der Waals surface area (Å²) in [6, 6.07) is 10.0. The molecule has 0 aliphatic heterocycles. The van der Waals surface area contributed by atoms with E-state index >= 15 is 0 Å². The SMILES string of the molecule is CCC(C(=O)NCC1CCCC(Cl)C1)c1ccccc1. The first kappa shape index (κ1) is 15.4. The lowest BCUT2D eigenvalue weighted by Crippen LogP contribution is -2.35. The highest BCUT2D eigenvalue weighted by molar-refractivity contribution is 6.20. The van der Waals surface area contributed by atoms with Crippen LogP contribution in [0.4, 0.5) is 0 Å². The molecule has 2 rings (SSSR count). The maximum absolute atomic E-state index is 12.4. The van der Waals surface area contributed by atoms with E-state index in [1.165, 1.54) is 12.8 Å². The lowest BCUT2D eigenvalue weighted by Gasteiger charge is -2.26. The lowest BCUT2D eigenvalue weighted by molar-refractivity contribution is -0.122. The molecule has 1 N–H and O–H groups in total. The van der Waals surface area contributed by atoms with E-state index in [4.69, 9.17) is 11.6 Å². The maximum Gasteiger partial charge on any atom is 0.227 e. The molecular weight excluding hydrogens is 270 g/mol. The normalized spacial score (nSPS) is 24.1. The Morgan fingerprint density at radius 2 is 2.10 bits per heavy atom. The second-order valence-electron chi connectivity index (χ2n) is 5.75. The highest BCUT2D eigenvalue weighted by Crippen LogP contribution is 2.27. The van der Waals surface area contributed by atoms with Crippen LogP contribution in [0.5, 0.6) is 0 Å². The van der Waals surface area contributed by atoms with E-state index in [9.17, 15) is 4.79 Å². The van der Waals surface area contributed by atoms with Crippen molar-refractivity contribution in [2.24, 2.45) is 5.92 Å². The van der Waals surface area contributed by atoms with Gasteiger partial charge in [-0.2, -0.15) is 0 Å². The van der Waals surface area contributed by atoms with Crippen molar-refractivity contribution in [2.75, 3.05) is 6.54 Å². The minimum atomic E-state index is -0.0356. The van der Waals surface area contributed by atoms with Crippen LogP contribution in [0.25, 0.3) is 0 Å². The number of carbonyl (C=O) groups excluding carboxylic acids is 1. The van der Waals surface area contributed by atoms with Crippen LogP contribution < -0.4 is 5.32 Å². The van der Waals surface area contributed by atoms with Gasteiger partial charge in [-0.25, -0.2) is 0 Å². The Balaban J connectivity index is 1.87. The zero-order valence-electron chi connectivity index (χ0n) is 12.1. The van der Waals surface area contributed by atoms with Gasteiger partial charge in [0.2, 0.25) is 5.91 Å². The maximum atomic E-state index is 12.4. The zero-order chi connectivity index (χ0) is 14.4. The predicted molar refractivity (Wildman–Crippen MR) is 84.1 cm³/mol. The minimum Gasteiger partial charge on any atom is -0.355 e. The van der Waals surface area contributed by atoms with Gasteiger partial charge in [-0.15, -0.1) is 11.6 Å². The third-order valence-electron chi connectivity index (χ3n) is 4.21. The molecule has 0 heterocycles. The highest BCUT2D eigenvalue weighted by Gasteiger charge is 2.23. The molecule has 1 fully saturated rings. The monoisotopic (exact) mass is 293 g/mol. The topological polar surface area (TPSA) is 29.1 Å². The number of alkyl halides is 1. The average molecular weight is 294 g/mol. The summed E-state index contributed by atoms with van der Waals surface area (Å²) < 4.78 is 0. The van der Waals surface area contributed by atoms with Crippen molar-refractivity contribution in [3.63, 3.8) is 0 Å². The molecule has 1 aliphatic rings. The van der Waals surface area contributed by atoms with E-state index in [2.05, 4.69) is 12.2 Å². The van der Waals surface area contributed by atoms with Gasteiger partial charge in [-0.05, 0) is 37.2 Å². The fourth-order valence-corrected chi connectivity index (χ4v) is 3.44.